The molecule has 0 aliphatic rings. The number of carbonyl (C=O) groups is 1. The molecule has 0 spiro atoms. The zero-order chi connectivity index (χ0) is 22.3. The van der Waals surface area contributed by atoms with Gasteiger partial charge in [0, 0.05) is 12.1 Å². The number of benzene rings is 3. The molecule has 3 aromatic rings. The van der Waals surface area contributed by atoms with Gasteiger partial charge in [0.25, 0.3) is 10.0 Å². The molecule has 31 heavy (non-hydrogen) atoms. The summed E-state index contributed by atoms with van der Waals surface area (Å²) in [7, 11) is -3.71. The van der Waals surface area contributed by atoms with E-state index in [1.807, 2.05) is 31.2 Å². The molecule has 7 heteroatoms. The van der Waals surface area contributed by atoms with Gasteiger partial charge in [-0.2, -0.15) is 0 Å². The van der Waals surface area contributed by atoms with Crippen LogP contribution in [0.4, 0.5) is 11.4 Å². The summed E-state index contributed by atoms with van der Waals surface area (Å²) in [5.41, 5.74) is 2.67. The van der Waals surface area contributed by atoms with E-state index >= 15 is 0 Å². The first-order valence-electron chi connectivity index (χ1n) is 10.1. The molecule has 0 saturated heterocycles. The van der Waals surface area contributed by atoms with Gasteiger partial charge in [0.05, 0.1) is 17.2 Å². The highest BCUT2D eigenvalue weighted by molar-refractivity contribution is 7.92. The van der Waals surface area contributed by atoms with Crippen molar-refractivity contribution in [1.82, 2.24) is 0 Å². The molecule has 0 fully saturated rings. The van der Waals surface area contributed by atoms with Gasteiger partial charge in [-0.1, -0.05) is 42.5 Å². The van der Waals surface area contributed by atoms with Crippen molar-refractivity contribution >= 4 is 27.3 Å². The van der Waals surface area contributed by atoms with Crippen molar-refractivity contribution in [3.05, 3.63) is 83.9 Å². The first-order chi connectivity index (χ1) is 14.9. The summed E-state index contributed by atoms with van der Waals surface area (Å²) in [5.74, 6) is 0.623. The number of anilines is 2. The van der Waals surface area contributed by atoms with Crippen molar-refractivity contribution in [2.75, 3.05) is 16.6 Å². The maximum Gasteiger partial charge on any atom is 0.261 e. The van der Waals surface area contributed by atoms with Crippen molar-refractivity contribution in [2.24, 2.45) is 0 Å². The highest BCUT2D eigenvalue weighted by Crippen LogP contribution is 2.24. The van der Waals surface area contributed by atoms with Crippen molar-refractivity contribution < 1.29 is 17.9 Å². The van der Waals surface area contributed by atoms with E-state index in [1.165, 1.54) is 12.1 Å². The molecule has 1 amide bonds. The predicted octanol–water partition coefficient (Wildman–Crippen LogP) is 4.77. The number of amides is 1. The van der Waals surface area contributed by atoms with Crippen LogP contribution in [-0.4, -0.2) is 20.9 Å². The average molecular weight is 439 g/mol. The molecular weight excluding hydrogens is 412 g/mol. The van der Waals surface area contributed by atoms with Gasteiger partial charge in [0.15, 0.2) is 0 Å². The Kier molecular flexibility index (Phi) is 7.31. The lowest BCUT2D eigenvalue weighted by Crippen LogP contribution is -2.15. The SMILES string of the molecule is CCOc1ccccc1CCC(=O)Nc1ccc(C)c(NS(=O)(=O)c2ccccc2)c1. The Balaban J connectivity index is 1.67. The Labute approximate surface area is 183 Å². The van der Waals surface area contributed by atoms with Crippen molar-refractivity contribution in [3.8, 4) is 5.75 Å². The molecule has 0 aliphatic carbocycles. The van der Waals surface area contributed by atoms with Crippen molar-refractivity contribution in [1.29, 1.82) is 0 Å². The van der Waals surface area contributed by atoms with E-state index in [-0.39, 0.29) is 17.2 Å². The van der Waals surface area contributed by atoms with Crippen LogP contribution in [0.25, 0.3) is 0 Å². The van der Waals surface area contributed by atoms with Crippen LogP contribution in [0, 0.1) is 6.92 Å². The Hall–Kier alpha value is -3.32. The fourth-order valence-electron chi connectivity index (χ4n) is 3.09. The molecule has 0 heterocycles. The summed E-state index contributed by atoms with van der Waals surface area (Å²) in [4.78, 5) is 12.6. The maximum atomic E-state index is 12.6. The molecule has 0 aliphatic heterocycles. The normalized spacial score (nSPS) is 11.0. The number of hydrogen-bond acceptors (Lipinski definition) is 4. The zero-order valence-electron chi connectivity index (χ0n) is 17.6. The fraction of sp³-hybridized carbons (Fsp3) is 0.208. The van der Waals surface area contributed by atoms with Crippen LogP contribution in [0.2, 0.25) is 0 Å². The molecule has 0 radical (unpaired) electrons. The van der Waals surface area contributed by atoms with E-state index in [0.717, 1.165) is 16.9 Å². The highest BCUT2D eigenvalue weighted by atomic mass is 32.2. The van der Waals surface area contributed by atoms with E-state index < -0.39 is 10.0 Å². The largest absolute Gasteiger partial charge is 0.494 e. The van der Waals surface area contributed by atoms with E-state index in [4.69, 9.17) is 4.74 Å². The lowest BCUT2D eigenvalue weighted by atomic mass is 10.1. The average Bonchev–Trinajstić information content (AvgIpc) is 2.76. The minimum atomic E-state index is -3.71. The third-order valence-electron chi connectivity index (χ3n) is 4.71. The second kappa shape index (κ2) is 10.1. The van der Waals surface area contributed by atoms with E-state index in [2.05, 4.69) is 10.0 Å². The first-order valence-corrected chi connectivity index (χ1v) is 11.6. The zero-order valence-corrected chi connectivity index (χ0v) is 18.4. The Morgan fingerprint density at radius 3 is 2.42 bits per heavy atom. The van der Waals surface area contributed by atoms with Crippen LogP contribution in [0.5, 0.6) is 5.75 Å². The molecular formula is C24H26N2O4S. The van der Waals surface area contributed by atoms with Gasteiger partial charge < -0.3 is 10.1 Å². The summed E-state index contributed by atoms with van der Waals surface area (Å²) in [6.45, 7) is 4.29. The molecule has 0 atom stereocenters. The molecule has 3 rings (SSSR count). The standard InChI is InChI=1S/C24H26N2O4S/c1-3-30-23-12-8-7-9-19(23)14-16-24(27)25-20-15-13-18(2)22(17-20)26-31(28,29)21-10-5-4-6-11-21/h4-13,15,17,26H,3,14,16H2,1-2H3,(H,25,27). The maximum absolute atomic E-state index is 12.6. The minimum Gasteiger partial charge on any atom is -0.494 e. The molecule has 0 unspecified atom stereocenters. The third-order valence-corrected chi connectivity index (χ3v) is 6.09. The summed E-state index contributed by atoms with van der Waals surface area (Å²) in [6, 6.07) is 21.0. The smallest absolute Gasteiger partial charge is 0.261 e. The number of nitrogens with one attached hydrogen (secondary N) is 2. The summed E-state index contributed by atoms with van der Waals surface area (Å²) < 4.78 is 33.4. The number of para-hydroxylation sites is 1. The van der Waals surface area contributed by atoms with Gasteiger partial charge in [-0.25, -0.2) is 8.42 Å². The lowest BCUT2D eigenvalue weighted by Gasteiger charge is -2.13. The number of sulfonamides is 1. The highest BCUT2D eigenvalue weighted by Gasteiger charge is 2.15. The van der Waals surface area contributed by atoms with Gasteiger partial charge in [-0.15, -0.1) is 0 Å². The Morgan fingerprint density at radius 2 is 1.68 bits per heavy atom. The number of ether oxygens (including phenoxy) is 1. The second-order valence-electron chi connectivity index (χ2n) is 7.04. The van der Waals surface area contributed by atoms with Gasteiger partial charge in [-0.05, 0) is 61.7 Å². The molecule has 0 aromatic heterocycles. The molecule has 6 nitrogen and oxygen atoms in total. The van der Waals surface area contributed by atoms with Crippen LogP contribution >= 0.6 is 0 Å². The van der Waals surface area contributed by atoms with Crippen LogP contribution in [0.1, 0.15) is 24.5 Å². The number of hydrogen-bond donors (Lipinski definition) is 2. The van der Waals surface area contributed by atoms with Crippen LogP contribution in [0.3, 0.4) is 0 Å². The Bertz CT molecular complexity index is 1150. The molecule has 3 aromatic carbocycles. The van der Waals surface area contributed by atoms with Gasteiger partial charge in [0.1, 0.15) is 5.75 Å². The van der Waals surface area contributed by atoms with Gasteiger partial charge in [0.2, 0.25) is 5.91 Å². The van der Waals surface area contributed by atoms with Gasteiger partial charge >= 0.3 is 0 Å². The summed E-state index contributed by atoms with van der Waals surface area (Å²) in [5, 5.41) is 2.84. The Morgan fingerprint density at radius 1 is 0.968 bits per heavy atom. The summed E-state index contributed by atoms with van der Waals surface area (Å²) >= 11 is 0. The van der Waals surface area contributed by atoms with E-state index in [0.29, 0.717) is 24.4 Å². The predicted molar refractivity (Wildman–Crippen MR) is 123 cm³/mol. The quantitative estimate of drug-likeness (QED) is 0.504. The fourth-order valence-corrected chi connectivity index (χ4v) is 4.23. The lowest BCUT2D eigenvalue weighted by molar-refractivity contribution is -0.116. The minimum absolute atomic E-state index is 0.160. The topological polar surface area (TPSA) is 84.5 Å². The van der Waals surface area contributed by atoms with Crippen LogP contribution in [-0.2, 0) is 21.2 Å². The van der Waals surface area contributed by atoms with Crippen LogP contribution in [0.15, 0.2) is 77.7 Å². The molecule has 0 saturated carbocycles. The third kappa shape index (κ3) is 6.08. The number of carbonyl (C=O) groups excluding carboxylic acids is 1. The van der Waals surface area contributed by atoms with E-state index in [1.54, 1.807) is 43.3 Å². The van der Waals surface area contributed by atoms with Crippen molar-refractivity contribution in [2.45, 2.75) is 31.6 Å². The monoisotopic (exact) mass is 438 g/mol. The number of aryl methyl sites for hydroxylation is 2. The van der Waals surface area contributed by atoms with Gasteiger partial charge in [-0.3, -0.25) is 9.52 Å². The molecule has 162 valence electrons. The number of rotatable bonds is 9. The second-order valence-corrected chi connectivity index (χ2v) is 8.72. The van der Waals surface area contributed by atoms with E-state index in [9.17, 15) is 13.2 Å². The molecule has 2 N–H and O–H groups in total. The van der Waals surface area contributed by atoms with Crippen molar-refractivity contribution in [3.63, 3.8) is 0 Å². The molecule has 0 bridgehead atoms. The first kappa shape index (κ1) is 22.4. The summed E-state index contributed by atoms with van der Waals surface area (Å²) in [6.07, 6.45) is 0.824. The van der Waals surface area contributed by atoms with Crippen LogP contribution < -0.4 is 14.8 Å².